The van der Waals surface area contributed by atoms with Crippen molar-refractivity contribution in [3.05, 3.63) is 5.56 Å². The maximum absolute atomic E-state index is 12.0. The summed E-state index contributed by atoms with van der Waals surface area (Å²) in [5.41, 5.74) is 6.26. The lowest BCUT2D eigenvalue weighted by Crippen LogP contribution is -2.32. The van der Waals surface area contributed by atoms with E-state index in [0.717, 1.165) is 18.0 Å². The monoisotopic (exact) mass is 299 g/mol. The number of hydrogen-bond donors (Lipinski definition) is 1. The number of anilines is 2. The summed E-state index contributed by atoms with van der Waals surface area (Å²) in [7, 11) is 0. The lowest BCUT2D eigenvalue weighted by atomic mass is 10.2. The molecule has 1 aromatic heterocycles. The molecule has 0 amide bonds. The molecule has 0 saturated heterocycles. The summed E-state index contributed by atoms with van der Waals surface area (Å²) in [6, 6.07) is 0.292. The summed E-state index contributed by atoms with van der Waals surface area (Å²) in [6.07, 6.45) is 3.43. The van der Waals surface area contributed by atoms with Gasteiger partial charge in [0.05, 0.1) is 6.61 Å². The van der Waals surface area contributed by atoms with Crippen LogP contribution in [-0.4, -0.2) is 29.5 Å². The number of rotatable bonds is 8. The lowest BCUT2D eigenvalue weighted by molar-refractivity contribution is 0.0528. The summed E-state index contributed by atoms with van der Waals surface area (Å²) in [4.78, 5) is 14.2. The molecule has 0 spiro atoms. The van der Waals surface area contributed by atoms with Crippen molar-refractivity contribution in [3.8, 4) is 0 Å². The molecule has 0 fully saturated rings. The van der Waals surface area contributed by atoms with Crippen LogP contribution in [0.5, 0.6) is 0 Å². The molecule has 0 unspecified atom stereocenters. The van der Waals surface area contributed by atoms with Crippen LogP contribution in [0, 0.1) is 0 Å². The first-order chi connectivity index (χ1) is 9.52. The minimum Gasteiger partial charge on any atom is -0.462 e. The molecule has 0 aliphatic rings. The van der Waals surface area contributed by atoms with Crippen molar-refractivity contribution < 1.29 is 9.53 Å². The predicted octanol–water partition coefficient (Wildman–Crippen LogP) is 3.31. The van der Waals surface area contributed by atoms with E-state index >= 15 is 0 Å². The Kier molecular flexibility index (Phi) is 6.78. The first-order valence-corrected chi connectivity index (χ1v) is 7.99. The SMILES string of the molecule is CCCCCN(c1snc(N)c1C(=O)OCC)C(C)C. The van der Waals surface area contributed by atoms with E-state index in [4.69, 9.17) is 10.5 Å². The second-order valence-corrected chi connectivity index (χ2v) is 5.71. The smallest absolute Gasteiger partial charge is 0.345 e. The molecule has 0 radical (unpaired) electrons. The van der Waals surface area contributed by atoms with Crippen LogP contribution in [0.15, 0.2) is 0 Å². The molecule has 0 aliphatic carbocycles. The molecule has 0 aromatic carbocycles. The quantitative estimate of drug-likeness (QED) is 0.589. The lowest BCUT2D eigenvalue weighted by Gasteiger charge is -2.27. The number of nitrogens with two attached hydrogens (primary N) is 1. The molecule has 0 aliphatic heterocycles. The van der Waals surface area contributed by atoms with Crippen LogP contribution < -0.4 is 10.6 Å². The molecule has 0 bridgehead atoms. The number of carbonyl (C=O) groups excluding carboxylic acids is 1. The van der Waals surface area contributed by atoms with Crippen LogP contribution in [0.4, 0.5) is 10.8 Å². The summed E-state index contributed by atoms with van der Waals surface area (Å²) in [5.74, 6) is -0.112. The van der Waals surface area contributed by atoms with Gasteiger partial charge in [0.1, 0.15) is 10.6 Å². The first kappa shape index (κ1) is 16.8. The Balaban J connectivity index is 2.98. The summed E-state index contributed by atoms with van der Waals surface area (Å²) in [5, 5.41) is 0.826. The Morgan fingerprint density at radius 1 is 1.40 bits per heavy atom. The van der Waals surface area contributed by atoms with E-state index in [9.17, 15) is 4.79 Å². The molecular formula is C14H25N3O2S. The minimum absolute atomic E-state index is 0.268. The third-order valence-corrected chi connectivity index (χ3v) is 3.97. The third kappa shape index (κ3) is 4.10. The van der Waals surface area contributed by atoms with Gasteiger partial charge in [0.25, 0.3) is 0 Å². The Hall–Kier alpha value is -1.30. The van der Waals surface area contributed by atoms with Crippen LogP contribution in [-0.2, 0) is 4.74 Å². The number of unbranched alkanes of at least 4 members (excludes halogenated alkanes) is 2. The van der Waals surface area contributed by atoms with E-state index < -0.39 is 0 Å². The second-order valence-electron chi connectivity index (χ2n) is 4.96. The van der Waals surface area contributed by atoms with Crippen LogP contribution in [0.2, 0.25) is 0 Å². The van der Waals surface area contributed by atoms with Gasteiger partial charge in [-0.05, 0) is 38.7 Å². The molecule has 2 N–H and O–H groups in total. The average Bonchev–Trinajstić information content (AvgIpc) is 2.76. The summed E-state index contributed by atoms with van der Waals surface area (Å²) in [6.45, 7) is 9.42. The molecule has 0 atom stereocenters. The van der Waals surface area contributed by atoms with Crippen LogP contribution >= 0.6 is 11.5 Å². The van der Waals surface area contributed by atoms with Gasteiger partial charge in [0.15, 0.2) is 5.82 Å². The van der Waals surface area contributed by atoms with Gasteiger partial charge in [-0.15, -0.1) is 0 Å². The fraction of sp³-hybridized carbons (Fsp3) is 0.714. The number of nitrogen functional groups attached to an aromatic ring is 1. The highest BCUT2D eigenvalue weighted by Gasteiger charge is 2.25. The van der Waals surface area contributed by atoms with Gasteiger partial charge in [-0.3, -0.25) is 0 Å². The van der Waals surface area contributed by atoms with E-state index in [1.807, 2.05) is 0 Å². The van der Waals surface area contributed by atoms with Gasteiger partial charge in [-0.25, -0.2) is 4.79 Å². The first-order valence-electron chi connectivity index (χ1n) is 7.21. The van der Waals surface area contributed by atoms with Crippen molar-refractivity contribution in [1.82, 2.24) is 4.37 Å². The Morgan fingerprint density at radius 2 is 2.10 bits per heavy atom. The number of carbonyl (C=O) groups is 1. The highest BCUT2D eigenvalue weighted by Crippen LogP contribution is 2.32. The molecule has 0 saturated carbocycles. The van der Waals surface area contributed by atoms with E-state index in [1.165, 1.54) is 24.4 Å². The van der Waals surface area contributed by atoms with Gasteiger partial charge in [0.2, 0.25) is 0 Å². The highest BCUT2D eigenvalue weighted by molar-refractivity contribution is 7.11. The van der Waals surface area contributed by atoms with E-state index in [1.54, 1.807) is 6.92 Å². The van der Waals surface area contributed by atoms with Crippen LogP contribution in [0.25, 0.3) is 0 Å². The molecule has 5 nitrogen and oxygen atoms in total. The second kappa shape index (κ2) is 8.09. The molecular weight excluding hydrogens is 274 g/mol. The average molecular weight is 299 g/mol. The van der Waals surface area contributed by atoms with Crippen molar-refractivity contribution in [3.63, 3.8) is 0 Å². The van der Waals surface area contributed by atoms with Gasteiger partial charge in [-0.2, -0.15) is 4.37 Å². The van der Waals surface area contributed by atoms with E-state index in [0.29, 0.717) is 18.2 Å². The fourth-order valence-corrected chi connectivity index (χ4v) is 2.97. The maximum atomic E-state index is 12.0. The molecule has 20 heavy (non-hydrogen) atoms. The normalized spacial score (nSPS) is 10.8. The largest absolute Gasteiger partial charge is 0.462 e. The van der Waals surface area contributed by atoms with Crippen molar-refractivity contribution in [1.29, 1.82) is 0 Å². The zero-order valence-corrected chi connectivity index (χ0v) is 13.6. The summed E-state index contributed by atoms with van der Waals surface area (Å²) < 4.78 is 9.21. The van der Waals surface area contributed by atoms with Gasteiger partial charge in [0, 0.05) is 12.6 Å². The third-order valence-electron chi connectivity index (χ3n) is 3.07. The standard InChI is InChI=1S/C14H25N3O2S/c1-5-7-8-9-17(10(3)4)13-11(12(15)16-20-13)14(18)19-6-2/h10H,5-9H2,1-4H3,(H2,15,16). The topological polar surface area (TPSA) is 68.5 Å². The number of aromatic nitrogens is 1. The number of ether oxygens (including phenoxy) is 1. The van der Waals surface area contributed by atoms with Crippen molar-refractivity contribution in [2.75, 3.05) is 23.8 Å². The molecule has 114 valence electrons. The minimum atomic E-state index is -0.380. The van der Waals surface area contributed by atoms with Gasteiger partial charge < -0.3 is 15.4 Å². The van der Waals surface area contributed by atoms with Gasteiger partial charge >= 0.3 is 5.97 Å². The Bertz CT molecular complexity index is 432. The van der Waals surface area contributed by atoms with E-state index in [-0.39, 0.29) is 11.8 Å². The van der Waals surface area contributed by atoms with Crippen molar-refractivity contribution in [2.24, 2.45) is 0 Å². The molecule has 1 aromatic rings. The van der Waals surface area contributed by atoms with E-state index in [2.05, 4.69) is 30.0 Å². The number of hydrogen-bond acceptors (Lipinski definition) is 6. The zero-order chi connectivity index (χ0) is 15.1. The zero-order valence-electron chi connectivity index (χ0n) is 12.8. The molecule has 6 heteroatoms. The van der Waals surface area contributed by atoms with Crippen LogP contribution in [0.3, 0.4) is 0 Å². The summed E-state index contributed by atoms with van der Waals surface area (Å²) >= 11 is 1.27. The number of nitrogens with zero attached hydrogens (tertiary/aromatic N) is 2. The Morgan fingerprint density at radius 3 is 2.65 bits per heavy atom. The van der Waals surface area contributed by atoms with Crippen molar-refractivity contribution >= 4 is 28.3 Å². The Labute approximate surface area is 125 Å². The van der Waals surface area contributed by atoms with Crippen molar-refractivity contribution in [2.45, 2.75) is 53.0 Å². The predicted molar refractivity (Wildman–Crippen MR) is 84.5 cm³/mol. The maximum Gasteiger partial charge on any atom is 0.345 e. The van der Waals surface area contributed by atoms with Gasteiger partial charge in [-0.1, -0.05) is 19.8 Å². The van der Waals surface area contributed by atoms with Crippen LogP contribution in [0.1, 0.15) is 57.3 Å². The molecule has 1 rings (SSSR count). The highest BCUT2D eigenvalue weighted by atomic mass is 32.1. The molecule has 1 heterocycles. The number of esters is 1. The fourth-order valence-electron chi connectivity index (χ4n) is 2.01.